The first-order valence-electron chi connectivity index (χ1n) is 5.91. The summed E-state index contributed by atoms with van der Waals surface area (Å²) in [5.41, 5.74) is 1.25. The number of para-hydroxylation sites is 1. The van der Waals surface area contributed by atoms with Gasteiger partial charge in [-0.3, -0.25) is 4.68 Å². The fourth-order valence-corrected chi connectivity index (χ4v) is 1.86. The van der Waals surface area contributed by atoms with Gasteiger partial charge in [0.25, 0.3) is 0 Å². The Kier molecular flexibility index (Phi) is 3.75. The first-order chi connectivity index (χ1) is 8.27. The van der Waals surface area contributed by atoms with Gasteiger partial charge in [-0.1, -0.05) is 18.2 Å². The van der Waals surface area contributed by atoms with Crippen LogP contribution in [-0.4, -0.2) is 27.4 Å². The predicted octanol–water partition coefficient (Wildman–Crippen LogP) is 2.19. The molecule has 0 aliphatic heterocycles. The molecule has 1 aromatic carbocycles. The summed E-state index contributed by atoms with van der Waals surface area (Å²) >= 11 is 0. The number of hydrogen-bond donors (Lipinski definition) is 0. The molecule has 0 saturated heterocycles. The molecule has 0 bridgehead atoms. The molecule has 2 aromatic rings. The van der Waals surface area contributed by atoms with E-state index >= 15 is 0 Å². The summed E-state index contributed by atoms with van der Waals surface area (Å²) in [5.74, 6) is 0. The minimum Gasteiger partial charge on any atom is -0.367 e. The zero-order chi connectivity index (χ0) is 12.1. The second-order valence-corrected chi connectivity index (χ2v) is 4.28. The second-order valence-electron chi connectivity index (χ2n) is 4.28. The lowest BCUT2D eigenvalue weighted by Gasteiger charge is -2.28. The SMILES string of the molecule is CC(C)N(CCn1cncn1)c1ccccc1. The molecule has 17 heavy (non-hydrogen) atoms. The van der Waals surface area contributed by atoms with Crippen LogP contribution in [0.1, 0.15) is 13.8 Å². The van der Waals surface area contributed by atoms with E-state index in [1.54, 1.807) is 12.7 Å². The van der Waals surface area contributed by atoms with Crippen molar-refractivity contribution in [3.63, 3.8) is 0 Å². The lowest BCUT2D eigenvalue weighted by Crippen LogP contribution is -2.33. The Balaban J connectivity index is 2.03. The molecule has 0 aliphatic rings. The molecule has 0 atom stereocenters. The smallest absolute Gasteiger partial charge is 0.137 e. The Morgan fingerprint density at radius 3 is 2.59 bits per heavy atom. The summed E-state index contributed by atoms with van der Waals surface area (Å²) in [6.45, 7) is 6.20. The van der Waals surface area contributed by atoms with Crippen LogP contribution in [0.4, 0.5) is 5.69 Å². The van der Waals surface area contributed by atoms with Crippen molar-refractivity contribution < 1.29 is 0 Å². The van der Waals surface area contributed by atoms with Crippen LogP contribution < -0.4 is 4.90 Å². The van der Waals surface area contributed by atoms with Gasteiger partial charge in [0.15, 0.2) is 0 Å². The van der Waals surface area contributed by atoms with Crippen molar-refractivity contribution in [3.05, 3.63) is 43.0 Å². The molecule has 0 saturated carbocycles. The van der Waals surface area contributed by atoms with E-state index < -0.39 is 0 Å². The summed E-state index contributed by atoms with van der Waals surface area (Å²) < 4.78 is 1.86. The number of benzene rings is 1. The van der Waals surface area contributed by atoms with E-state index in [0.29, 0.717) is 6.04 Å². The van der Waals surface area contributed by atoms with Crippen molar-refractivity contribution in [1.29, 1.82) is 0 Å². The Hall–Kier alpha value is -1.84. The standard InChI is InChI=1S/C13H18N4/c1-12(2)17(13-6-4-3-5-7-13)9-8-16-11-14-10-15-16/h3-7,10-12H,8-9H2,1-2H3. The van der Waals surface area contributed by atoms with E-state index in [-0.39, 0.29) is 0 Å². The first kappa shape index (κ1) is 11.6. The van der Waals surface area contributed by atoms with Gasteiger partial charge in [-0.15, -0.1) is 0 Å². The van der Waals surface area contributed by atoms with Crippen LogP contribution in [-0.2, 0) is 6.54 Å². The molecule has 0 radical (unpaired) electrons. The third-order valence-electron chi connectivity index (χ3n) is 2.75. The fourth-order valence-electron chi connectivity index (χ4n) is 1.86. The highest BCUT2D eigenvalue weighted by Gasteiger charge is 2.09. The molecule has 0 N–H and O–H groups in total. The van der Waals surface area contributed by atoms with E-state index in [1.807, 2.05) is 10.7 Å². The summed E-state index contributed by atoms with van der Waals surface area (Å²) in [6.07, 6.45) is 3.33. The molecule has 0 fully saturated rings. The highest BCUT2D eigenvalue weighted by atomic mass is 15.3. The van der Waals surface area contributed by atoms with Crippen LogP contribution in [0, 0.1) is 0 Å². The van der Waals surface area contributed by atoms with Gasteiger partial charge in [0.2, 0.25) is 0 Å². The third kappa shape index (κ3) is 3.06. The van der Waals surface area contributed by atoms with E-state index in [2.05, 4.69) is 53.1 Å². The average molecular weight is 230 g/mol. The van der Waals surface area contributed by atoms with Crippen molar-refractivity contribution in [2.45, 2.75) is 26.4 Å². The number of hydrogen-bond acceptors (Lipinski definition) is 3. The van der Waals surface area contributed by atoms with E-state index in [1.165, 1.54) is 5.69 Å². The summed E-state index contributed by atoms with van der Waals surface area (Å²) in [5, 5.41) is 4.12. The van der Waals surface area contributed by atoms with E-state index in [9.17, 15) is 0 Å². The van der Waals surface area contributed by atoms with Gasteiger partial charge in [-0.2, -0.15) is 5.10 Å². The van der Waals surface area contributed by atoms with Crippen LogP contribution in [0.2, 0.25) is 0 Å². The molecule has 0 unspecified atom stereocenters. The van der Waals surface area contributed by atoms with Crippen LogP contribution in [0.5, 0.6) is 0 Å². The van der Waals surface area contributed by atoms with E-state index in [4.69, 9.17) is 0 Å². The van der Waals surface area contributed by atoms with Crippen molar-refractivity contribution in [2.75, 3.05) is 11.4 Å². The highest BCUT2D eigenvalue weighted by Crippen LogP contribution is 2.15. The lowest BCUT2D eigenvalue weighted by atomic mass is 10.2. The largest absolute Gasteiger partial charge is 0.367 e. The maximum atomic E-state index is 4.12. The quantitative estimate of drug-likeness (QED) is 0.789. The number of nitrogens with zero attached hydrogens (tertiary/aromatic N) is 4. The molecule has 1 aromatic heterocycles. The van der Waals surface area contributed by atoms with Gasteiger partial charge in [0.05, 0.1) is 6.54 Å². The van der Waals surface area contributed by atoms with Gasteiger partial charge in [-0.05, 0) is 26.0 Å². The number of rotatable bonds is 5. The Bertz CT molecular complexity index is 422. The average Bonchev–Trinajstić information content (AvgIpc) is 2.83. The van der Waals surface area contributed by atoms with Crippen molar-refractivity contribution >= 4 is 5.69 Å². The molecule has 90 valence electrons. The molecule has 1 heterocycles. The zero-order valence-corrected chi connectivity index (χ0v) is 10.3. The monoisotopic (exact) mass is 230 g/mol. The normalized spacial score (nSPS) is 10.8. The summed E-state index contributed by atoms with van der Waals surface area (Å²) in [6, 6.07) is 10.9. The third-order valence-corrected chi connectivity index (χ3v) is 2.75. The number of aromatic nitrogens is 3. The van der Waals surface area contributed by atoms with Crippen molar-refractivity contribution in [1.82, 2.24) is 14.8 Å². The minimum absolute atomic E-state index is 0.473. The topological polar surface area (TPSA) is 34.0 Å². The molecule has 2 rings (SSSR count). The van der Waals surface area contributed by atoms with Crippen molar-refractivity contribution in [3.8, 4) is 0 Å². The van der Waals surface area contributed by atoms with Gasteiger partial charge >= 0.3 is 0 Å². The van der Waals surface area contributed by atoms with Gasteiger partial charge in [0, 0.05) is 18.3 Å². The molecular formula is C13H18N4. The Morgan fingerprint density at radius 2 is 2.00 bits per heavy atom. The molecule has 0 aliphatic carbocycles. The molecule has 4 heteroatoms. The van der Waals surface area contributed by atoms with Gasteiger partial charge in [0.1, 0.15) is 12.7 Å². The molecular weight excluding hydrogens is 212 g/mol. The zero-order valence-electron chi connectivity index (χ0n) is 10.3. The fraction of sp³-hybridized carbons (Fsp3) is 0.385. The maximum absolute atomic E-state index is 4.12. The molecule has 0 spiro atoms. The van der Waals surface area contributed by atoms with Crippen LogP contribution in [0.25, 0.3) is 0 Å². The molecule has 4 nitrogen and oxygen atoms in total. The summed E-state index contributed by atoms with van der Waals surface area (Å²) in [4.78, 5) is 6.31. The maximum Gasteiger partial charge on any atom is 0.137 e. The van der Waals surface area contributed by atoms with Crippen LogP contribution in [0.3, 0.4) is 0 Å². The second kappa shape index (κ2) is 5.48. The van der Waals surface area contributed by atoms with Gasteiger partial charge in [-0.25, -0.2) is 4.98 Å². The van der Waals surface area contributed by atoms with E-state index in [0.717, 1.165) is 13.1 Å². The molecule has 0 amide bonds. The lowest BCUT2D eigenvalue weighted by molar-refractivity contribution is 0.568. The summed E-state index contributed by atoms with van der Waals surface area (Å²) in [7, 11) is 0. The van der Waals surface area contributed by atoms with Gasteiger partial charge < -0.3 is 4.90 Å². The highest BCUT2D eigenvalue weighted by molar-refractivity contribution is 5.46. The van der Waals surface area contributed by atoms with Crippen LogP contribution >= 0.6 is 0 Å². The Labute approximate surface area is 102 Å². The minimum atomic E-state index is 0.473. The van der Waals surface area contributed by atoms with Crippen molar-refractivity contribution in [2.24, 2.45) is 0 Å². The predicted molar refractivity (Wildman–Crippen MR) is 68.9 cm³/mol. The van der Waals surface area contributed by atoms with Crippen LogP contribution in [0.15, 0.2) is 43.0 Å². The number of anilines is 1. The first-order valence-corrected chi connectivity index (χ1v) is 5.91. The Morgan fingerprint density at radius 1 is 1.24 bits per heavy atom.